The van der Waals surface area contributed by atoms with Crippen LogP contribution in [0.2, 0.25) is 0 Å². The van der Waals surface area contributed by atoms with Crippen molar-refractivity contribution in [2.75, 3.05) is 14.7 Å². The predicted molar refractivity (Wildman–Crippen MR) is 364 cm³/mol. The molecule has 0 atom stereocenters. The molecule has 0 amide bonds. The van der Waals surface area contributed by atoms with Gasteiger partial charge in [0.15, 0.2) is 0 Å². The molecular formula is C80H56BN5. The molecule has 0 saturated heterocycles. The van der Waals surface area contributed by atoms with Crippen LogP contribution in [0.15, 0.2) is 303 Å². The second kappa shape index (κ2) is 19.8. The lowest BCUT2D eigenvalue weighted by Crippen LogP contribution is -2.61. The molecule has 13 aromatic carbocycles. The SMILES string of the molecule is Cc1ccc(N2c3ccc(-c4ccc(-n5c6ccccc6c6ccccc65)cc4)cc3B3c4cc(-c5ccc(-n6c7ccccc7c7ccccc76)cc5)ccc4N(c4ccccc4)c4cc(N(c5ccccc5)c5ccccc5C)cc2c43)cc1. The molecule has 5 nitrogen and oxygen atoms in total. The second-order valence-corrected chi connectivity index (χ2v) is 23.0. The summed E-state index contributed by atoms with van der Waals surface area (Å²) in [5.41, 5.74) is 28.0. The Balaban J connectivity index is 0.896. The number of hydrogen-bond acceptors (Lipinski definition) is 3. The summed E-state index contributed by atoms with van der Waals surface area (Å²) in [6.07, 6.45) is 0. The van der Waals surface area contributed by atoms with E-state index >= 15 is 0 Å². The molecule has 86 heavy (non-hydrogen) atoms. The van der Waals surface area contributed by atoms with Crippen LogP contribution in [-0.2, 0) is 0 Å². The number of rotatable bonds is 9. The van der Waals surface area contributed by atoms with E-state index in [2.05, 4.69) is 341 Å². The molecule has 17 rings (SSSR count). The van der Waals surface area contributed by atoms with E-state index in [9.17, 15) is 0 Å². The number of anilines is 9. The normalized spacial score (nSPS) is 12.5. The van der Waals surface area contributed by atoms with Gasteiger partial charge in [0.2, 0.25) is 0 Å². The highest BCUT2D eigenvalue weighted by Gasteiger charge is 2.44. The summed E-state index contributed by atoms with van der Waals surface area (Å²) in [6, 6.07) is 112. The Morgan fingerprint density at radius 1 is 0.291 bits per heavy atom. The van der Waals surface area contributed by atoms with Gasteiger partial charge in [-0.3, -0.25) is 0 Å². The van der Waals surface area contributed by atoms with Gasteiger partial charge in [0, 0.05) is 78.4 Å². The number of aromatic nitrogens is 2. The van der Waals surface area contributed by atoms with Crippen LogP contribution in [-0.4, -0.2) is 15.8 Å². The number of fused-ring (bicyclic) bond motifs is 10. The molecule has 404 valence electrons. The summed E-state index contributed by atoms with van der Waals surface area (Å²) in [7, 11) is 0. The van der Waals surface area contributed by atoms with Gasteiger partial charge >= 0.3 is 0 Å². The van der Waals surface area contributed by atoms with Crippen LogP contribution in [0.4, 0.5) is 51.2 Å². The van der Waals surface area contributed by atoms with Crippen molar-refractivity contribution in [2.45, 2.75) is 13.8 Å². The highest BCUT2D eigenvalue weighted by Crippen LogP contribution is 2.49. The summed E-state index contributed by atoms with van der Waals surface area (Å²) in [5.74, 6) is 0. The Bertz CT molecular complexity index is 5040. The summed E-state index contributed by atoms with van der Waals surface area (Å²) >= 11 is 0. The number of aryl methyl sites for hydroxylation is 2. The molecule has 6 heteroatoms. The first-order valence-electron chi connectivity index (χ1n) is 29.8. The monoisotopic (exact) mass is 1100 g/mol. The molecule has 0 bridgehead atoms. The van der Waals surface area contributed by atoms with Gasteiger partial charge in [-0.05, 0) is 173 Å². The van der Waals surface area contributed by atoms with Crippen molar-refractivity contribution in [3.05, 3.63) is 314 Å². The maximum absolute atomic E-state index is 2.54. The fourth-order valence-electron chi connectivity index (χ4n) is 14.1. The third-order valence-corrected chi connectivity index (χ3v) is 18.1. The third kappa shape index (κ3) is 7.80. The van der Waals surface area contributed by atoms with E-state index < -0.39 is 0 Å². The first-order valence-corrected chi connectivity index (χ1v) is 29.8. The molecule has 0 saturated carbocycles. The lowest BCUT2D eigenvalue weighted by atomic mass is 9.33. The average molecular weight is 1100 g/mol. The third-order valence-electron chi connectivity index (χ3n) is 18.1. The quantitative estimate of drug-likeness (QED) is 0.134. The molecule has 0 radical (unpaired) electrons. The largest absolute Gasteiger partial charge is 0.311 e. The zero-order valence-electron chi connectivity index (χ0n) is 47.7. The molecule has 2 aromatic heterocycles. The first kappa shape index (κ1) is 49.5. The number of para-hydroxylation sites is 7. The molecular weight excluding hydrogens is 1040 g/mol. The van der Waals surface area contributed by atoms with E-state index in [1.54, 1.807) is 0 Å². The van der Waals surface area contributed by atoms with E-state index in [-0.39, 0.29) is 6.71 Å². The van der Waals surface area contributed by atoms with Crippen LogP contribution in [0.25, 0.3) is 77.2 Å². The van der Waals surface area contributed by atoms with Crippen molar-refractivity contribution in [1.82, 2.24) is 9.13 Å². The summed E-state index contributed by atoms with van der Waals surface area (Å²) in [5, 5.41) is 5.03. The van der Waals surface area contributed by atoms with Crippen LogP contribution in [0, 0.1) is 13.8 Å². The highest BCUT2D eigenvalue weighted by atomic mass is 15.2. The van der Waals surface area contributed by atoms with Crippen molar-refractivity contribution in [1.29, 1.82) is 0 Å². The van der Waals surface area contributed by atoms with Gasteiger partial charge in [0.1, 0.15) is 0 Å². The Kier molecular flexibility index (Phi) is 11.4. The van der Waals surface area contributed by atoms with Crippen LogP contribution in [0.1, 0.15) is 11.1 Å². The Morgan fingerprint density at radius 3 is 1.14 bits per heavy atom. The van der Waals surface area contributed by atoms with E-state index in [0.29, 0.717) is 0 Å². The predicted octanol–water partition coefficient (Wildman–Crippen LogP) is 19.4. The average Bonchev–Trinajstić information content (AvgIpc) is 1.00. The number of hydrogen-bond donors (Lipinski definition) is 0. The van der Waals surface area contributed by atoms with Gasteiger partial charge in [0.05, 0.1) is 27.8 Å². The Morgan fingerprint density at radius 2 is 0.674 bits per heavy atom. The van der Waals surface area contributed by atoms with Crippen molar-refractivity contribution in [2.24, 2.45) is 0 Å². The van der Waals surface area contributed by atoms with Crippen molar-refractivity contribution in [3.63, 3.8) is 0 Å². The maximum atomic E-state index is 2.54. The zero-order chi connectivity index (χ0) is 57.0. The van der Waals surface area contributed by atoms with Gasteiger partial charge in [-0.2, -0.15) is 0 Å². The van der Waals surface area contributed by atoms with Gasteiger partial charge in [0.25, 0.3) is 6.71 Å². The van der Waals surface area contributed by atoms with Crippen LogP contribution in [0.5, 0.6) is 0 Å². The van der Waals surface area contributed by atoms with Gasteiger partial charge in [-0.15, -0.1) is 0 Å². The molecule has 0 fully saturated rings. The minimum atomic E-state index is -0.155. The fourth-order valence-corrected chi connectivity index (χ4v) is 14.1. The number of benzene rings is 13. The Hall–Kier alpha value is -11.1. The van der Waals surface area contributed by atoms with Crippen LogP contribution in [0.3, 0.4) is 0 Å². The summed E-state index contributed by atoms with van der Waals surface area (Å²) in [6.45, 7) is 4.24. The first-order chi connectivity index (χ1) is 42.5. The van der Waals surface area contributed by atoms with Gasteiger partial charge in [-0.1, -0.05) is 194 Å². The topological polar surface area (TPSA) is 19.6 Å². The minimum absolute atomic E-state index is 0.155. The standard InChI is InChI=1S/C80H56BN5/c1-53-33-41-61(42-34-53)86-77-48-40-58(56-37-45-63(46-38-56)84-74-31-17-12-26-67(74)68-27-13-18-32-75(68)84)50-70(77)81-69-49-57(55-35-43-62(44-36-55)83-72-29-15-10-24-65(72)66-25-11-16-30-73(66)83)39-47-76(69)85(60-22-7-4-8-23-60)78-51-64(52-79(86)80(78)81)82(59-20-5-3-6-21-59)71-28-14-9-19-54(71)2/h3-52H,1-2H3. The fraction of sp³-hybridized carbons (Fsp3) is 0.0250. The Labute approximate surface area is 500 Å². The smallest absolute Gasteiger partial charge is 0.252 e. The summed E-state index contributed by atoms with van der Waals surface area (Å²) in [4.78, 5) is 7.51. The molecule has 2 aliphatic heterocycles. The molecule has 0 aliphatic carbocycles. The van der Waals surface area contributed by atoms with Crippen LogP contribution < -0.4 is 31.1 Å². The number of nitrogens with zero attached hydrogens (tertiary/aromatic N) is 5. The summed E-state index contributed by atoms with van der Waals surface area (Å²) < 4.78 is 4.80. The molecule has 15 aromatic rings. The van der Waals surface area contributed by atoms with Gasteiger partial charge < -0.3 is 23.8 Å². The van der Waals surface area contributed by atoms with E-state index in [4.69, 9.17) is 0 Å². The van der Waals surface area contributed by atoms with Gasteiger partial charge in [-0.25, -0.2) is 0 Å². The maximum Gasteiger partial charge on any atom is 0.252 e. The lowest BCUT2D eigenvalue weighted by Gasteiger charge is -2.45. The van der Waals surface area contributed by atoms with Crippen molar-refractivity contribution < 1.29 is 0 Å². The van der Waals surface area contributed by atoms with E-state index in [0.717, 1.165) is 73.7 Å². The molecule has 0 unspecified atom stereocenters. The molecule has 4 heterocycles. The second-order valence-electron chi connectivity index (χ2n) is 23.0. The van der Waals surface area contributed by atoms with Crippen molar-refractivity contribution in [3.8, 4) is 33.6 Å². The van der Waals surface area contributed by atoms with Crippen LogP contribution >= 0.6 is 0 Å². The molecule has 2 aliphatic rings. The van der Waals surface area contributed by atoms with Crippen molar-refractivity contribution >= 4 is 118 Å². The van der Waals surface area contributed by atoms with E-state index in [1.165, 1.54) is 82.3 Å². The minimum Gasteiger partial charge on any atom is -0.311 e. The molecule has 0 N–H and O–H groups in total. The zero-order valence-corrected chi connectivity index (χ0v) is 47.7. The van der Waals surface area contributed by atoms with E-state index in [1.807, 2.05) is 0 Å². The molecule has 0 spiro atoms. The lowest BCUT2D eigenvalue weighted by molar-refractivity contribution is 1.18. The highest BCUT2D eigenvalue weighted by molar-refractivity contribution is 7.00.